The van der Waals surface area contributed by atoms with Crippen LogP contribution in [0.3, 0.4) is 0 Å². The van der Waals surface area contributed by atoms with Crippen LogP contribution in [-0.2, 0) is 11.8 Å². The Labute approximate surface area is 318 Å². The van der Waals surface area contributed by atoms with Gasteiger partial charge in [0.1, 0.15) is 5.69 Å². The van der Waals surface area contributed by atoms with Gasteiger partial charge in [-0.3, -0.25) is 0 Å². The van der Waals surface area contributed by atoms with Crippen LogP contribution in [0.25, 0.3) is 27.3 Å². The van der Waals surface area contributed by atoms with E-state index in [4.69, 9.17) is 0 Å². The summed E-state index contributed by atoms with van der Waals surface area (Å²) < 4.78 is 2.19. The number of benzene rings is 4. The van der Waals surface area contributed by atoms with Crippen molar-refractivity contribution in [2.45, 2.75) is 69.4 Å². The minimum atomic E-state index is 0.0280. The summed E-state index contributed by atoms with van der Waals surface area (Å²) >= 11 is 1.96. The Hall–Kier alpha value is -4.70. The summed E-state index contributed by atoms with van der Waals surface area (Å²) in [6, 6.07) is 36.2. The first-order chi connectivity index (χ1) is 26.2. The van der Waals surface area contributed by atoms with Crippen LogP contribution < -0.4 is 9.38 Å². The Kier molecular flexibility index (Phi) is 7.30. The molecule has 1 aromatic heterocycles. The maximum absolute atomic E-state index is 2.74. The number of nitrogens with zero attached hydrogens (tertiary/aromatic N) is 2. The van der Waals surface area contributed by atoms with Crippen LogP contribution in [0.1, 0.15) is 61.5 Å². The molecule has 0 N–H and O–H groups in total. The zero-order valence-corrected chi connectivity index (χ0v) is 31.4. The Morgan fingerprint density at radius 3 is 2.45 bits per heavy atom. The van der Waals surface area contributed by atoms with Crippen LogP contribution >= 0.6 is 11.3 Å². The van der Waals surface area contributed by atoms with Gasteiger partial charge in [-0.05, 0) is 85.7 Å². The number of hydrogen-bond donors (Lipinski definition) is 0. The zero-order chi connectivity index (χ0) is 35.1. The van der Waals surface area contributed by atoms with Crippen molar-refractivity contribution in [3.8, 4) is 11.1 Å². The second-order valence-electron chi connectivity index (χ2n) is 16.2. The summed E-state index contributed by atoms with van der Waals surface area (Å²) in [6.45, 7) is 3.36. The Morgan fingerprint density at radius 1 is 0.755 bits per heavy atom. The van der Waals surface area contributed by atoms with E-state index in [1.165, 1.54) is 86.5 Å². The number of rotatable bonds is 5. The molecule has 53 heavy (non-hydrogen) atoms. The van der Waals surface area contributed by atoms with Gasteiger partial charge in [-0.15, -0.1) is 11.3 Å². The molecule has 3 heteroatoms. The van der Waals surface area contributed by atoms with Gasteiger partial charge in [-0.1, -0.05) is 104 Å². The normalized spacial score (nSPS) is 27.3. The molecule has 0 amide bonds. The summed E-state index contributed by atoms with van der Waals surface area (Å²) in [6.07, 6.45) is 30.6. The van der Waals surface area contributed by atoms with E-state index in [0.717, 1.165) is 23.9 Å². The van der Waals surface area contributed by atoms with Gasteiger partial charge in [0.2, 0.25) is 0 Å². The quantitative estimate of drug-likeness (QED) is 0.164. The first-order valence-corrected chi connectivity index (χ1v) is 21.0. The molecule has 11 rings (SSSR count). The SMILES string of the molecule is CC[N+]1(c2ccc3sc4c(c3c2)CCC=C4)c2ccccc2-c2cc(C3(C4=CC5C6C=CC=CC6N(c6ccccc6)C5C=C4)CCCCC3)ccc21. The Bertz CT molecular complexity index is 2420. The monoisotopic (exact) mass is 707 g/mol. The molecule has 2 aliphatic heterocycles. The van der Waals surface area contributed by atoms with Gasteiger partial charge >= 0.3 is 0 Å². The molecule has 1 saturated carbocycles. The summed E-state index contributed by atoms with van der Waals surface area (Å²) in [4.78, 5) is 4.13. The van der Waals surface area contributed by atoms with Gasteiger partial charge in [0.15, 0.2) is 11.4 Å². The van der Waals surface area contributed by atoms with Crippen molar-refractivity contribution in [2.75, 3.05) is 11.4 Å². The standard InChI is InChI=1S/C50H47N2S/c1-2-52(37-25-28-49-43(33-37)40-19-9-12-22-48(40)53-49)46-21-11-8-18-39(46)42-32-35(24-27-47(42)52)50(29-13-4-14-30-50)34-23-26-45-41(31-34)38-17-7-10-20-44(38)51(45)36-15-5-3-6-16-36/h3,5-8,10-12,15-18,20-28,31-33,38,41,44-45H,2,4,9,13-14,19,29-30H2,1H3/q+1. The molecule has 4 aliphatic carbocycles. The van der Waals surface area contributed by atoms with Crippen LogP contribution in [0.4, 0.5) is 22.7 Å². The largest absolute Gasteiger partial charge is 0.357 e. The molecule has 0 bridgehead atoms. The van der Waals surface area contributed by atoms with Crippen molar-refractivity contribution >= 4 is 50.2 Å². The molecular formula is C50H47N2S+. The fourth-order valence-electron chi connectivity index (χ4n) is 11.5. The molecule has 1 saturated heterocycles. The number of para-hydroxylation sites is 2. The lowest BCUT2D eigenvalue weighted by Gasteiger charge is -2.42. The van der Waals surface area contributed by atoms with Crippen LogP contribution in [0, 0.1) is 11.8 Å². The fraction of sp³-hybridized carbons (Fsp3) is 0.280. The summed E-state index contributed by atoms with van der Waals surface area (Å²) in [5.74, 6) is 0.926. The van der Waals surface area contributed by atoms with Crippen molar-refractivity contribution < 1.29 is 0 Å². The molecule has 3 heterocycles. The third kappa shape index (κ3) is 4.53. The van der Waals surface area contributed by atoms with Gasteiger partial charge in [-0.2, -0.15) is 0 Å². The van der Waals surface area contributed by atoms with Crippen molar-refractivity contribution in [1.82, 2.24) is 4.48 Å². The molecule has 5 aromatic rings. The molecular weight excluding hydrogens is 661 g/mol. The molecule has 4 aromatic carbocycles. The van der Waals surface area contributed by atoms with Crippen molar-refractivity contribution in [3.63, 3.8) is 0 Å². The summed E-state index contributed by atoms with van der Waals surface area (Å²) in [7, 11) is 0. The maximum atomic E-state index is 2.74. The van der Waals surface area contributed by atoms with Gasteiger partial charge < -0.3 is 4.90 Å². The van der Waals surface area contributed by atoms with E-state index in [-0.39, 0.29) is 5.41 Å². The third-order valence-electron chi connectivity index (χ3n) is 13.9. The highest BCUT2D eigenvalue weighted by molar-refractivity contribution is 7.20. The average Bonchev–Trinajstić information content (AvgIpc) is 3.87. The van der Waals surface area contributed by atoms with Gasteiger partial charge in [0.25, 0.3) is 0 Å². The van der Waals surface area contributed by atoms with E-state index in [2.05, 4.69) is 158 Å². The molecule has 0 spiro atoms. The second kappa shape index (κ2) is 12.2. The minimum absolute atomic E-state index is 0.0280. The lowest BCUT2D eigenvalue weighted by Crippen LogP contribution is -2.38. The molecule has 2 nitrogen and oxygen atoms in total. The van der Waals surface area contributed by atoms with Crippen LogP contribution in [-0.4, -0.2) is 18.6 Å². The van der Waals surface area contributed by atoms with E-state index < -0.39 is 0 Å². The van der Waals surface area contributed by atoms with Crippen molar-refractivity contribution in [3.05, 3.63) is 161 Å². The van der Waals surface area contributed by atoms with Gasteiger partial charge in [0, 0.05) is 73.3 Å². The first-order valence-electron chi connectivity index (χ1n) is 20.1. The Balaban J connectivity index is 1.04. The summed E-state index contributed by atoms with van der Waals surface area (Å²) in [5.41, 5.74) is 13.0. The molecule has 0 radical (unpaired) electrons. The first kappa shape index (κ1) is 31.8. The number of quaternary nitrogens is 1. The Morgan fingerprint density at radius 2 is 1.57 bits per heavy atom. The smallest absolute Gasteiger partial charge is 0.151 e. The van der Waals surface area contributed by atoms with Crippen molar-refractivity contribution in [1.29, 1.82) is 0 Å². The maximum Gasteiger partial charge on any atom is 0.151 e. The predicted octanol–water partition coefficient (Wildman–Crippen LogP) is 13.1. The molecule has 262 valence electrons. The third-order valence-corrected chi connectivity index (χ3v) is 15.1. The van der Waals surface area contributed by atoms with E-state index in [0.29, 0.717) is 23.9 Å². The summed E-state index contributed by atoms with van der Waals surface area (Å²) in [5, 5.41) is 1.46. The number of allylic oxidation sites excluding steroid dienone is 5. The predicted molar refractivity (Wildman–Crippen MR) is 226 cm³/mol. The second-order valence-corrected chi connectivity index (χ2v) is 17.3. The van der Waals surface area contributed by atoms with Crippen LogP contribution in [0.2, 0.25) is 0 Å². The minimum Gasteiger partial charge on any atom is -0.357 e. The fourth-order valence-corrected chi connectivity index (χ4v) is 12.6. The highest BCUT2D eigenvalue weighted by atomic mass is 32.1. The zero-order valence-electron chi connectivity index (χ0n) is 30.6. The van der Waals surface area contributed by atoms with Crippen LogP contribution in [0.5, 0.6) is 0 Å². The highest BCUT2D eigenvalue weighted by Crippen LogP contribution is 2.60. The number of hydrogen-bond acceptors (Lipinski definition) is 2. The molecule has 5 unspecified atom stereocenters. The lowest BCUT2D eigenvalue weighted by molar-refractivity contribution is 0.340. The number of aryl methyl sites for hydroxylation is 1. The van der Waals surface area contributed by atoms with E-state index in [9.17, 15) is 0 Å². The number of anilines is 1. The molecule has 5 atom stereocenters. The highest BCUT2D eigenvalue weighted by Gasteiger charge is 2.50. The molecule has 6 aliphatic rings. The lowest BCUT2D eigenvalue weighted by atomic mass is 9.62. The van der Waals surface area contributed by atoms with Crippen molar-refractivity contribution in [2.24, 2.45) is 11.8 Å². The van der Waals surface area contributed by atoms with E-state index in [1.807, 2.05) is 11.3 Å². The van der Waals surface area contributed by atoms with E-state index >= 15 is 0 Å². The topological polar surface area (TPSA) is 3.24 Å². The van der Waals surface area contributed by atoms with Gasteiger partial charge in [0.05, 0.1) is 18.6 Å². The van der Waals surface area contributed by atoms with Crippen LogP contribution in [0.15, 0.2) is 145 Å². The van der Waals surface area contributed by atoms with E-state index in [1.54, 1.807) is 11.1 Å². The number of thiophene rings is 1. The number of fused-ring (bicyclic) bond motifs is 9. The average molecular weight is 708 g/mol. The molecule has 2 fully saturated rings. The van der Waals surface area contributed by atoms with Gasteiger partial charge in [-0.25, -0.2) is 4.48 Å².